The normalized spacial score (nSPS) is 11.7. The fourth-order valence-electron chi connectivity index (χ4n) is 1.66. The van der Waals surface area contributed by atoms with Gasteiger partial charge in [0.15, 0.2) is 0 Å². The summed E-state index contributed by atoms with van der Waals surface area (Å²) in [6.07, 6.45) is 0.902. The van der Waals surface area contributed by atoms with Crippen LogP contribution in [0.1, 0.15) is 31.4 Å². The van der Waals surface area contributed by atoms with Crippen LogP contribution in [0.3, 0.4) is 0 Å². The molecule has 0 fully saturated rings. The predicted octanol–water partition coefficient (Wildman–Crippen LogP) is 1.91. The standard InChI is InChI=1S/C14H20N2O3/c1-3-11-4-6-12(7-5-11)9-15-14(19)16-10(2)8-13(17)18/h4-7,10H,3,8-9H2,1-2H3,(H,17,18)(H2,15,16,19). The first-order valence-corrected chi connectivity index (χ1v) is 6.35. The van der Waals surface area contributed by atoms with Gasteiger partial charge in [-0.05, 0) is 24.5 Å². The van der Waals surface area contributed by atoms with E-state index in [0.717, 1.165) is 12.0 Å². The van der Waals surface area contributed by atoms with Crippen molar-refractivity contribution < 1.29 is 14.7 Å². The summed E-state index contributed by atoms with van der Waals surface area (Å²) in [5, 5.41) is 13.9. The lowest BCUT2D eigenvalue weighted by atomic mass is 10.1. The molecule has 104 valence electrons. The fourth-order valence-corrected chi connectivity index (χ4v) is 1.66. The van der Waals surface area contributed by atoms with Crippen molar-refractivity contribution in [3.8, 4) is 0 Å². The second-order valence-corrected chi connectivity index (χ2v) is 4.50. The van der Waals surface area contributed by atoms with Crippen LogP contribution in [0.5, 0.6) is 0 Å². The number of hydrogen-bond acceptors (Lipinski definition) is 2. The van der Waals surface area contributed by atoms with Crippen LogP contribution >= 0.6 is 0 Å². The van der Waals surface area contributed by atoms with Crippen LogP contribution in [0.15, 0.2) is 24.3 Å². The molecule has 5 heteroatoms. The maximum atomic E-state index is 11.5. The Bertz CT molecular complexity index is 429. The van der Waals surface area contributed by atoms with Crippen LogP contribution in [0.25, 0.3) is 0 Å². The van der Waals surface area contributed by atoms with Gasteiger partial charge in [-0.2, -0.15) is 0 Å². The molecule has 0 spiro atoms. The number of benzene rings is 1. The Morgan fingerprint density at radius 1 is 1.21 bits per heavy atom. The van der Waals surface area contributed by atoms with E-state index in [-0.39, 0.29) is 18.5 Å². The number of carboxylic acid groups (broad SMARTS) is 1. The number of carbonyl (C=O) groups excluding carboxylic acids is 1. The van der Waals surface area contributed by atoms with Crippen LogP contribution in [-0.2, 0) is 17.8 Å². The van der Waals surface area contributed by atoms with Crippen molar-refractivity contribution >= 4 is 12.0 Å². The second kappa shape index (κ2) is 7.41. The van der Waals surface area contributed by atoms with Crippen molar-refractivity contribution in [2.24, 2.45) is 0 Å². The molecule has 0 heterocycles. The van der Waals surface area contributed by atoms with Gasteiger partial charge in [-0.25, -0.2) is 4.79 Å². The molecule has 0 bridgehead atoms. The van der Waals surface area contributed by atoms with Crippen molar-refractivity contribution in [1.29, 1.82) is 0 Å². The Labute approximate surface area is 113 Å². The van der Waals surface area contributed by atoms with Crippen molar-refractivity contribution in [2.75, 3.05) is 0 Å². The first kappa shape index (κ1) is 15.0. The summed E-state index contributed by atoms with van der Waals surface area (Å²) in [6.45, 7) is 4.17. The smallest absolute Gasteiger partial charge is 0.315 e. The van der Waals surface area contributed by atoms with Crippen LogP contribution in [0.4, 0.5) is 4.79 Å². The lowest BCUT2D eigenvalue weighted by molar-refractivity contribution is -0.137. The van der Waals surface area contributed by atoms with Crippen LogP contribution < -0.4 is 10.6 Å². The molecule has 0 aliphatic heterocycles. The molecule has 5 nitrogen and oxygen atoms in total. The van der Waals surface area contributed by atoms with Gasteiger partial charge in [-0.3, -0.25) is 4.79 Å². The summed E-state index contributed by atoms with van der Waals surface area (Å²) in [7, 11) is 0. The van der Waals surface area contributed by atoms with Crippen molar-refractivity contribution in [2.45, 2.75) is 39.3 Å². The van der Waals surface area contributed by atoms with Gasteiger partial charge in [0.05, 0.1) is 6.42 Å². The summed E-state index contributed by atoms with van der Waals surface area (Å²) >= 11 is 0. The van der Waals surface area contributed by atoms with Gasteiger partial charge in [0.25, 0.3) is 0 Å². The summed E-state index contributed by atoms with van der Waals surface area (Å²) in [5.74, 6) is -0.928. The van der Waals surface area contributed by atoms with Gasteiger partial charge < -0.3 is 15.7 Å². The minimum atomic E-state index is -0.928. The molecule has 1 aromatic rings. The van der Waals surface area contributed by atoms with Crippen molar-refractivity contribution in [1.82, 2.24) is 10.6 Å². The van der Waals surface area contributed by atoms with E-state index in [2.05, 4.69) is 17.6 Å². The van der Waals surface area contributed by atoms with Crippen LogP contribution in [0, 0.1) is 0 Å². The third kappa shape index (κ3) is 5.90. The molecule has 0 aliphatic carbocycles. The molecular formula is C14H20N2O3. The zero-order valence-corrected chi connectivity index (χ0v) is 11.3. The molecule has 1 unspecified atom stereocenters. The molecule has 0 aliphatic rings. The molecule has 1 aromatic carbocycles. The maximum absolute atomic E-state index is 11.5. The molecule has 0 saturated carbocycles. The van der Waals surface area contributed by atoms with E-state index >= 15 is 0 Å². The van der Waals surface area contributed by atoms with E-state index in [1.165, 1.54) is 5.56 Å². The lowest BCUT2D eigenvalue weighted by Crippen LogP contribution is -2.41. The molecule has 0 saturated heterocycles. The first-order chi connectivity index (χ1) is 9.01. The van der Waals surface area contributed by atoms with E-state index in [9.17, 15) is 9.59 Å². The van der Waals surface area contributed by atoms with E-state index in [1.54, 1.807) is 6.92 Å². The molecule has 0 aromatic heterocycles. The Balaban J connectivity index is 2.34. The van der Waals surface area contributed by atoms with Gasteiger partial charge in [-0.15, -0.1) is 0 Å². The highest BCUT2D eigenvalue weighted by atomic mass is 16.4. The third-order valence-corrected chi connectivity index (χ3v) is 2.74. The number of carbonyl (C=O) groups is 2. The highest BCUT2D eigenvalue weighted by Crippen LogP contribution is 2.04. The number of nitrogens with one attached hydrogen (secondary N) is 2. The predicted molar refractivity (Wildman–Crippen MR) is 72.9 cm³/mol. The number of urea groups is 1. The minimum Gasteiger partial charge on any atom is -0.481 e. The molecule has 19 heavy (non-hydrogen) atoms. The molecule has 1 rings (SSSR count). The number of rotatable bonds is 6. The van der Waals surface area contributed by atoms with Crippen LogP contribution in [-0.4, -0.2) is 23.1 Å². The Hall–Kier alpha value is -2.04. The molecule has 1 atom stereocenters. The van der Waals surface area contributed by atoms with Gasteiger partial charge >= 0.3 is 12.0 Å². The van der Waals surface area contributed by atoms with E-state index in [1.807, 2.05) is 24.3 Å². The Morgan fingerprint density at radius 2 is 1.79 bits per heavy atom. The number of hydrogen-bond donors (Lipinski definition) is 3. The minimum absolute atomic E-state index is 0.0847. The summed E-state index contributed by atoms with van der Waals surface area (Å²) < 4.78 is 0. The van der Waals surface area contributed by atoms with E-state index in [4.69, 9.17) is 5.11 Å². The number of amides is 2. The SMILES string of the molecule is CCc1ccc(CNC(=O)NC(C)CC(=O)O)cc1. The number of carboxylic acids is 1. The van der Waals surface area contributed by atoms with E-state index < -0.39 is 5.97 Å². The first-order valence-electron chi connectivity index (χ1n) is 6.35. The largest absolute Gasteiger partial charge is 0.481 e. The van der Waals surface area contributed by atoms with Gasteiger partial charge in [0.1, 0.15) is 0 Å². The van der Waals surface area contributed by atoms with Gasteiger partial charge in [0.2, 0.25) is 0 Å². The summed E-state index contributed by atoms with van der Waals surface area (Å²) in [6, 6.07) is 7.26. The molecule has 0 radical (unpaired) electrons. The average Bonchev–Trinajstić information content (AvgIpc) is 2.36. The number of aliphatic carboxylic acids is 1. The quantitative estimate of drug-likeness (QED) is 0.734. The second-order valence-electron chi connectivity index (χ2n) is 4.50. The highest BCUT2D eigenvalue weighted by molar-refractivity contribution is 5.75. The summed E-state index contributed by atoms with van der Waals surface area (Å²) in [4.78, 5) is 22.0. The molecule has 2 amide bonds. The van der Waals surface area contributed by atoms with Gasteiger partial charge in [-0.1, -0.05) is 31.2 Å². The fraction of sp³-hybridized carbons (Fsp3) is 0.429. The van der Waals surface area contributed by atoms with Crippen molar-refractivity contribution in [3.05, 3.63) is 35.4 Å². The topological polar surface area (TPSA) is 78.4 Å². The molecular weight excluding hydrogens is 244 g/mol. The molecule has 3 N–H and O–H groups in total. The average molecular weight is 264 g/mol. The van der Waals surface area contributed by atoms with Gasteiger partial charge in [0, 0.05) is 12.6 Å². The zero-order chi connectivity index (χ0) is 14.3. The zero-order valence-electron chi connectivity index (χ0n) is 11.3. The van der Waals surface area contributed by atoms with E-state index in [0.29, 0.717) is 6.54 Å². The Morgan fingerprint density at radius 3 is 2.32 bits per heavy atom. The number of aryl methyl sites for hydroxylation is 1. The monoisotopic (exact) mass is 264 g/mol. The van der Waals surface area contributed by atoms with Crippen LogP contribution in [0.2, 0.25) is 0 Å². The lowest BCUT2D eigenvalue weighted by Gasteiger charge is -2.12. The Kier molecular flexibility index (Phi) is 5.85. The third-order valence-electron chi connectivity index (χ3n) is 2.74. The highest BCUT2D eigenvalue weighted by Gasteiger charge is 2.10. The maximum Gasteiger partial charge on any atom is 0.315 e. The summed E-state index contributed by atoms with van der Waals surface area (Å²) in [5.41, 5.74) is 2.27. The van der Waals surface area contributed by atoms with Crippen molar-refractivity contribution in [3.63, 3.8) is 0 Å².